The van der Waals surface area contributed by atoms with Gasteiger partial charge in [0.05, 0.1) is 19.2 Å². The maximum atomic E-state index is 12.2. The van der Waals surface area contributed by atoms with Crippen molar-refractivity contribution in [2.24, 2.45) is 5.73 Å². The molecule has 3 rings (SSSR count). The van der Waals surface area contributed by atoms with Crippen molar-refractivity contribution in [2.75, 3.05) is 26.1 Å². The van der Waals surface area contributed by atoms with Crippen molar-refractivity contribution in [3.63, 3.8) is 0 Å². The lowest BCUT2D eigenvalue weighted by Gasteiger charge is -2.27. The molecule has 2 amide bonds. The van der Waals surface area contributed by atoms with Gasteiger partial charge in [-0.3, -0.25) is 9.59 Å². The first-order valence-electron chi connectivity index (χ1n) is 8.19. The van der Waals surface area contributed by atoms with Gasteiger partial charge in [-0.15, -0.1) is 0 Å². The third kappa shape index (κ3) is 3.93. The van der Waals surface area contributed by atoms with E-state index in [0.717, 1.165) is 11.1 Å². The van der Waals surface area contributed by atoms with Crippen molar-refractivity contribution in [1.29, 1.82) is 0 Å². The second-order valence-electron chi connectivity index (χ2n) is 6.04. The first-order chi connectivity index (χ1) is 12.9. The number of fused-ring (bicyclic) bond motifs is 1. The van der Waals surface area contributed by atoms with Crippen LogP contribution < -0.4 is 25.3 Å². The number of primary amides is 1. The molecule has 0 aliphatic carbocycles. The van der Waals surface area contributed by atoms with E-state index in [1.165, 1.54) is 7.11 Å². The van der Waals surface area contributed by atoms with Gasteiger partial charge < -0.3 is 25.3 Å². The molecule has 2 aromatic carbocycles. The summed E-state index contributed by atoms with van der Waals surface area (Å²) in [5.41, 5.74) is 7.49. The molecule has 7 nitrogen and oxygen atoms in total. The summed E-state index contributed by atoms with van der Waals surface area (Å²) in [6.45, 7) is -0.259. The van der Waals surface area contributed by atoms with Crippen LogP contribution in [0.25, 0.3) is 0 Å². The minimum atomic E-state index is -0.589. The normalized spacial score (nSPS) is 15.5. The highest BCUT2D eigenvalue weighted by Crippen LogP contribution is 2.44. The van der Waals surface area contributed by atoms with Gasteiger partial charge in [0.25, 0.3) is 5.91 Å². The highest BCUT2D eigenvalue weighted by Gasteiger charge is 2.29. The Labute approximate surface area is 161 Å². The monoisotopic (exact) mass is 390 g/mol. The van der Waals surface area contributed by atoms with Gasteiger partial charge in [-0.05, 0) is 29.3 Å². The van der Waals surface area contributed by atoms with Crippen LogP contribution in [0.3, 0.4) is 0 Å². The number of methoxy groups -OCH3 is 2. The quantitative estimate of drug-likeness (QED) is 0.789. The van der Waals surface area contributed by atoms with Crippen LogP contribution in [0.4, 0.5) is 5.69 Å². The number of anilines is 1. The smallest absolute Gasteiger partial charge is 0.255 e. The van der Waals surface area contributed by atoms with Gasteiger partial charge in [-0.1, -0.05) is 17.7 Å². The van der Waals surface area contributed by atoms with Crippen LogP contribution >= 0.6 is 11.6 Å². The summed E-state index contributed by atoms with van der Waals surface area (Å²) >= 11 is 6.28. The average Bonchev–Trinajstić information content (AvgIpc) is 2.65. The summed E-state index contributed by atoms with van der Waals surface area (Å²) in [6.07, 6.45) is 0.264. The van der Waals surface area contributed by atoms with E-state index in [1.807, 2.05) is 12.1 Å². The van der Waals surface area contributed by atoms with Crippen LogP contribution in [0.5, 0.6) is 17.2 Å². The summed E-state index contributed by atoms with van der Waals surface area (Å²) < 4.78 is 16.0. The summed E-state index contributed by atoms with van der Waals surface area (Å²) in [5, 5.41) is 3.20. The molecule has 8 heteroatoms. The Morgan fingerprint density at radius 1 is 1.19 bits per heavy atom. The maximum Gasteiger partial charge on any atom is 0.255 e. The first-order valence-corrected chi connectivity index (χ1v) is 8.57. The molecule has 0 fully saturated rings. The topological polar surface area (TPSA) is 99.9 Å². The number of benzene rings is 2. The molecule has 27 heavy (non-hydrogen) atoms. The van der Waals surface area contributed by atoms with E-state index in [9.17, 15) is 9.59 Å². The zero-order valence-electron chi connectivity index (χ0n) is 14.9. The Morgan fingerprint density at radius 3 is 2.52 bits per heavy atom. The molecular formula is C19H19ClN2O5. The fraction of sp³-hybridized carbons (Fsp3) is 0.263. The van der Waals surface area contributed by atoms with E-state index in [-0.39, 0.29) is 24.9 Å². The van der Waals surface area contributed by atoms with Crippen LogP contribution in [0, 0.1) is 0 Å². The number of hydrogen-bond donors (Lipinski definition) is 2. The number of rotatable bonds is 6. The zero-order chi connectivity index (χ0) is 19.6. The van der Waals surface area contributed by atoms with Crippen molar-refractivity contribution in [3.8, 4) is 17.2 Å². The second kappa shape index (κ2) is 7.75. The van der Waals surface area contributed by atoms with Crippen molar-refractivity contribution < 1.29 is 23.8 Å². The average molecular weight is 391 g/mol. The van der Waals surface area contributed by atoms with E-state index >= 15 is 0 Å². The molecule has 0 radical (unpaired) electrons. The lowest BCUT2D eigenvalue weighted by Crippen LogP contribution is -2.23. The third-order valence-electron chi connectivity index (χ3n) is 4.32. The van der Waals surface area contributed by atoms with Crippen molar-refractivity contribution in [2.45, 2.75) is 12.3 Å². The molecule has 0 aromatic heterocycles. The second-order valence-corrected chi connectivity index (χ2v) is 6.45. The summed E-state index contributed by atoms with van der Waals surface area (Å²) in [6, 6.07) is 8.79. The molecule has 1 aliphatic heterocycles. The molecule has 1 unspecified atom stereocenters. The number of hydrogen-bond acceptors (Lipinski definition) is 5. The van der Waals surface area contributed by atoms with Gasteiger partial charge in [0.15, 0.2) is 18.1 Å². The van der Waals surface area contributed by atoms with Crippen LogP contribution in [-0.2, 0) is 9.59 Å². The Hall–Kier alpha value is -2.93. The Morgan fingerprint density at radius 2 is 1.89 bits per heavy atom. The number of amides is 2. The standard InChI is InChI=1S/C19H19ClN2O5/c1-25-16-6-12-11(7-19(24)22-14(12)8-17(16)26-2)10-3-4-15(13(20)5-10)27-9-18(21)23/h3-6,8,11H,7,9H2,1-2H3,(H2,21,23)(H,22,24). The predicted molar refractivity (Wildman–Crippen MR) is 101 cm³/mol. The minimum Gasteiger partial charge on any atom is -0.493 e. The molecular weight excluding hydrogens is 372 g/mol. The number of nitrogens with two attached hydrogens (primary N) is 1. The van der Waals surface area contributed by atoms with E-state index in [1.54, 1.807) is 25.3 Å². The third-order valence-corrected chi connectivity index (χ3v) is 4.62. The first kappa shape index (κ1) is 18.8. The van der Waals surface area contributed by atoms with Crippen LogP contribution in [0.1, 0.15) is 23.5 Å². The number of carbonyl (C=O) groups is 2. The van der Waals surface area contributed by atoms with Crippen LogP contribution in [-0.4, -0.2) is 32.6 Å². The molecule has 1 heterocycles. The zero-order valence-corrected chi connectivity index (χ0v) is 15.6. The van der Waals surface area contributed by atoms with Crippen molar-refractivity contribution in [1.82, 2.24) is 0 Å². The molecule has 0 saturated heterocycles. The maximum absolute atomic E-state index is 12.2. The van der Waals surface area contributed by atoms with Gasteiger partial charge in [0.1, 0.15) is 5.75 Å². The van der Waals surface area contributed by atoms with Crippen molar-refractivity contribution in [3.05, 3.63) is 46.5 Å². The Balaban J connectivity index is 1.99. The van der Waals surface area contributed by atoms with Crippen LogP contribution in [0.15, 0.2) is 30.3 Å². The minimum absolute atomic E-state index is 0.107. The van der Waals surface area contributed by atoms with Crippen molar-refractivity contribution >= 4 is 29.1 Å². The van der Waals surface area contributed by atoms with Gasteiger partial charge >= 0.3 is 0 Å². The van der Waals surface area contributed by atoms with E-state index < -0.39 is 5.91 Å². The molecule has 1 aliphatic rings. The molecule has 2 aromatic rings. The summed E-state index contributed by atoms with van der Waals surface area (Å²) in [5.74, 6) is 0.553. The number of ether oxygens (including phenoxy) is 3. The molecule has 142 valence electrons. The van der Waals surface area contributed by atoms with Gasteiger partial charge in [-0.25, -0.2) is 0 Å². The van der Waals surface area contributed by atoms with Crippen LogP contribution in [0.2, 0.25) is 5.02 Å². The van der Waals surface area contributed by atoms with Gasteiger partial charge in [-0.2, -0.15) is 0 Å². The highest BCUT2D eigenvalue weighted by atomic mass is 35.5. The molecule has 1 atom stereocenters. The number of halogens is 1. The fourth-order valence-electron chi connectivity index (χ4n) is 3.09. The highest BCUT2D eigenvalue weighted by molar-refractivity contribution is 6.32. The van der Waals surface area contributed by atoms with E-state index in [2.05, 4.69) is 5.32 Å². The van der Waals surface area contributed by atoms with E-state index in [0.29, 0.717) is 28.0 Å². The lowest BCUT2D eigenvalue weighted by molar-refractivity contribution is -0.120. The summed E-state index contributed by atoms with van der Waals surface area (Å²) in [7, 11) is 3.10. The van der Waals surface area contributed by atoms with Gasteiger partial charge in [0, 0.05) is 24.1 Å². The lowest BCUT2D eigenvalue weighted by atomic mass is 9.84. The van der Waals surface area contributed by atoms with Gasteiger partial charge in [0.2, 0.25) is 5.91 Å². The van der Waals surface area contributed by atoms with E-state index in [4.69, 9.17) is 31.5 Å². The SMILES string of the molecule is COc1cc2c(cc1OC)C(c1ccc(OCC(N)=O)c(Cl)c1)CC(=O)N2. The molecule has 0 saturated carbocycles. The largest absolute Gasteiger partial charge is 0.493 e. The molecule has 3 N–H and O–H groups in total. The molecule has 0 spiro atoms. The predicted octanol–water partition coefficient (Wildman–Crippen LogP) is 2.70. The molecule has 0 bridgehead atoms. The Bertz CT molecular complexity index is 900. The summed E-state index contributed by atoms with van der Waals surface area (Å²) in [4.78, 5) is 23.1. The number of nitrogens with one attached hydrogen (secondary N) is 1. The number of carbonyl (C=O) groups excluding carboxylic acids is 2. The Kier molecular flexibility index (Phi) is 5.41. The fourth-order valence-corrected chi connectivity index (χ4v) is 3.33.